The second kappa shape index (κ2) is 3.67. The molecule has 0 unspecified atom stereocenters. The van der Waals surface area contributed by atoms with Gasteiger partial charge in [0.15, 0.2) is 11.8 Å². The minimum absolute atomic E-state index is 0.195. The zero-order chi connectivity index (χ0) is 10.9. The Morgan fingerprint density at radius 2 is 2.07 bits per heavy atom. The van der Waals surface area contributed by atoms with Crippen LogP contribution in [0.5, 0.6) is 0 Å². The van der Waals surface area contributed by atoms with E-state index in [9.17, 15) is 23.3 Å². The number of nitro groups is 1. The van der Waals surface area contributed by atoms with Crippen molar-refractivity contribution >= 4 is 28.4 Å². The molecule has 0 aliphatic heterocycles. The predicted octanol–water partition coefficient (Wildman–Crippen LogP) is 2.61. The minimum atomic E-state index is -4.75. The lowest BCUT2D eigenvalue weighted by Gasteiger charge is -2.06. The summed E-state index contributed by atoms with van der Waals surface area (Å²) in [6, 6.07) is 0.686. The first-order chi connectivity index (χ1) is 6.32. The SMILES string of the molecule is O=[N+]([O-])c1ncc(I)cc1C(F)(F)F. The molecule has 1 rings (SSSR count). The molecule has 1 aromatic heterocycles. The van der Waals surface area contributed by atoms with Gasteiger partial charge in [0.25, 0.3) is 0 Å². The zero-order valence-electron chi connectivity index (χ0n) is 6.38. The van der Waals surface area contributed by atoms with E-state index < -0.39 is 22.5 Å². The van der Waals surface area contributed by atoms with Crippen LogP contribution < -0.4 is 0 Å². The lowest BCUT2D eigenvalue weighted by molar-refractivity contribution is -0.392. The molecule has 0 N–H and O–H groups in total. The lowest BCUT2D eigenvalue weighted by Crippen LogP contribution is -2.10. The van der Waals surface area contributed by atoms with Crippen molar-refractivity contribution in [2.45, 2.75) is 6.18 Å². The van der Waals surface area contributed by atoms with Crippen LogP contribution in [0.1, 0.15) is 5.56 Å². The van der Waals surface area contributed by atoms with E-state index in [1.54, 1.807) is 22.6 Å². The first-order valence-electron chi connectivity index (χ1n) is 3.19. The Morgan fingerprint density at radius 3 is 2.50 bits per heavy atom. The summed E-state index contributed by atoms with van der Waals surface area (Å²) in [6.45, 7) is 0. The van der Waals surface area contributed by atoms with E-state index in [1.165, 1.54) is 0 Å². The van der Waals surface area contributed by atoms with Crippen LogP contribution in [0.25, 0.3) is 0 Å². The fourth-order valence-electron chi connectivity index (χ4n) is 0.786. The number of pyridine rings is 1. The van der Waals surface area contributed by atoms with Crippen LogP contribution in [-0.4, -0.2) is 9.91 Å². The van der Waals surface area contributed by atoms with Gasteiger partial charge in [-0.3, -0.25) is 0 Å². The van der Waals surface area contributed by atoms with E-state index in [0.29, 0.717) is 6.07 Å². The van der Waals surface area contributed by atoms with Gasteiger partial charge in [-0.1, -0.05) is 0 Å². The summed E-state index contributed by atoms with van der Waals surface area (Å²) in [4.78, 5) is 12.2. The van der Waals surface area contributed by atoms with E-state index >= 15 is 0 Å². The summed E-state index contributed by atoms with van der Waals surface area (Å²) in [7, 11) is 0. The normalized spacial score (nSPS) is 11.4. The van der Waals surface area contributed by atoms with Crippen molar-refractivity contribution in [3.63, 3.8) is 0 Å². The van der Waals surface area contributed by atoms with Gasteiger partial charge in [-0.05, 0) is 38.6 Å². The van der Waals surface area contributed by atoms with Gasteiger partial charge in [0, 0.05) is 0 Å². The third-order valence-electron chi connectivity index (χ3n) is 1.31. The third-order valence-corrected chi connectivity index (χ3v) is 1.90. The number of hydrogen-bond acceptors (Lipinski definition) is 3. The molecule has 1 heterocycles. The van der Waals surface area contributed by atoms with Crippen molar-refractivity contribution in [3.8, 4) is 0 Å². The maximum atomic E-state index is 12.2. The topological polar surface area (TPSA) is 56.0 Å². The number of nitrogens with zero attached hydrogens (tertiary/aromatic N) is 2. The highest BCUT2D eigenvalue weighted by molar-refractivity contribution is 14.1. The summed E-state index contributed by atoms with van der Waals surface area (Å²) in [6.07, 6.45) is -3.75. The van der Waals surface area contributed by atoms with Crippen molar-refractivity contribution in [1.29, 1.82) is 0 Å². The fraction of sp³-hybridized carbons (Fsp3) is 0.167. The second-order valence-electron chi connectivity index (χ2n) is 2.28. The molecule has 0 spiro atoms. The molecule has 0 aliphatic rings. The molecule has 0 saturated carbocycles. The van der Waals surface area contributed by atoms with Crippen LogP contribution in [0, 0.1) is 13.7 Å². The van der Waals surface area contributed by atoms with Crippen molar-refractivity contribution in [3.05, 3.63) is 31.5 Å². The van der Waals surface area contributed by atoms with E-state index in [2.05, 4.69) is 4.98 Å². The highest BCUT2D eigenvalue weighted by atomic mass is 127. The van der Waals surface area contributed by atoms with Gasteiger partial charge < -0.3 is 10.1 Å². The molecule has 0 radical (unpaired) electrons. The van der Waals surface area contributed by atoms with Gasteiger partial charge in [-0.2, -0.15) is 13.2 Å². The molecular weight excluding hydrogens is 316 g/mol. The average molecular weight is 318 g/mol. The Morgan fingerprint density at radius 1 is 1.50 bits per heavy atom. The summed E-state index contributed by atoms with van der Waals surface area (Å²) < 4.78 is 36.9. The van der Waals surface area contributed by atoms with Gasteiger partial charge in [-0.15, -0.1) is 0 Å². The van der Waals surface area contributed by atoms with Crippen molar-refractivity contribution in [2.24, 2.45) is 0 Å². The first-order valence-corrected chi connectivity index (χ1v) is 4.27. The smallest absolute Gasteiger partial charge is 0.358 e. The van der Waals surface area contributed by atoms with E-state index in [0.717, 1.165) is 6.20 Å². The molecule has 14 heavy (non-hydrogen) atoms. The van der Waals surface area contributed by atoms with Gasteiger partial charge >= 0.3 is 12.0 Å². The van der Waals surface area contributed by atoms with Crippen LogP contribution >= 0.6 is 22.6 Å². The molecule has 0 aromatic carbocycles. The molecule has 76 valence electrons. The molecule has 0 amide bonds. The third kappa shape index (κ3) is 2.30. The Hall–Kier alpha value is -0.930. The number of aromatic nitrogens is 1. The van der Waals surface area contributed by atoms with Crippen molar-refractivity contribution < 1.29 is 18.1 Å². The highest BCUT2D eigenvalue weighted by Gasteiger charge is 2.39. The van der Waals surface area contributed by atoms with Crippen LogP contribution in [0.2, 0.25) is 0 Å². The summed E-state index contributed by atoms with van der Waals surface area (Å²) in [5, 5.41) is 10.2. The van der Waals surface area contributed by atoms with Gasteiger partial charge in [0.2, 0.25) is 0 Å². The molecule has 0 saturated heterocycles. The Kier molecular flexibility index (Phi) is 2.92. The highest BCUT2D eigenvalue weighted by Crippen LogP contribution is 2.35. The minimum Gasteiger partial charge on any atom is -0.358 e. The largest absolute Gasteiger partial charge is 0.424 e. The van der Waals surface area contributed by atoms with Crippen LogP contribution in [0.3, 0.4) is 0 Å². The average Bonchev–Trinajstić information content (AvgIpc) is 2.01. The summed E-state index contributed by atoms with van der Waals surface area (Å²) in [5.74, 6) is -1.17. The summed E-state index contributed by atoms with van der Waals surface area (Å²) >= 11 is 1.60. The number of hydrogen-bond donors (Lipinski definition) is 0. The molecule has 1 aromatic rings. The molecule has 0 fully saturated rings. The first kappa shape index (κ1) is 11.1. The second-order valence-corrected chi connectivity index (χ2v) is 3.53. The zero-order valence-corrected chi connectivity index (χ0v) is 8.53. The van der Waals surface area contributed by atoms with E-state index in [4.69, 9.17) is 0 Å². The standard InChI is InChI=1S/C6H2F3IN2O2/c7-6(8,9)4-1-3(10)2-11-5(4)12(13)14/h1-2H. The molecule has 0 atom stereocenters. The quantitative estimate of drug-likeness (QED) is 0.454. The number of rotatable bonds is 1. The Bertz CT molecular complexity index is 380. The Balaban J connectivity index is 3.38. The van der Waals surface area contributed by atoms with Gasteiger partial charge in [-0.25, -0.2) is 0 Å². The maximum absolute atomic E-state index is 12.2. The van der Waals surface area contributed by atoms with Gasteiger partial charge in [0.1, 0.15) is 0 Å². The van der Waals surface area contributed by atoms with Crippen molar-refractivity contribution in [2.75, 3.05) is 0 Å². The van der Waals surface area contributed by atoms with E-state index in [-0.39, 0.29) is 3.57 Å². The molecular formula is C6H2F3IN2O2. The molecule has 0 bridgehead atoms. The van der Waals surface area contributed by atoms with Gasteiger partial charge in [0.05, 0.1) is 3.57 Å². The molecule has 8 heteroatoms. The Labute approximate surface area is 89.4 Å². The van der Waals surface area contributed by atoms with E-state index in [1.807, 2.05) is 0 Å². The number of halogens is 4. The molecule has 0 aliphatic carbocycles. The van der Waals surface area contributed by atoms with Crippen LogP contribution in [-0.2, 0) is 6.18 Å². The summed E-state index contributed by atoms with van der Waals surface area (Å²) in [5.41, 5.74) is -1.32. The van der Waals surface area contributed by atoms with Crippen LogP contribution in [0.15, 0.2) is 12.3 Å². The molecule has 4 nitrogen and oxygen atoms in total. The van der Waals surface area contributed by atoms with Crippen molar-refractivity contribution in [1.82, 2.24) is 4.98 Å². The monoisotopic (exact) mass is 318 g/mol. The maximum Gasteiger partial charge on any atom is 0.424 e. The number of alkyl halides is 3. The lowest BCUT2D eigenvalue weighted by atomic mass is 10.2. The predicted molar refractivity (Wildman–Crippen MR) is 48.6 cm³/mol. The van der Waals surface area contributed by atoms with Crippen LogP contribution in [0.4, 0.5) is 19.0 Å². The fourth-order valence-corrected chi connectivity index (χ4v) is 1.24.